The molecule has 0 spiro atoms. The average Bonchev–Trinajstić information content (AvgIpc) is 3.22. The molecule has 0 saturated heterocycles. The zero-order valence-corrected chi connectivity index (χ0v) is 60.8. The molecule has 0 radical (unpaired) electrons. The molecule has 0 heterocycles. The fraction of sp³-hybridized carbons (Fsp3) is 0.556. The van der Waals surface area contributed by atoms with E-state index in [1.165, 1.54) is 32.3 Å². The first kappa shape index (κ1) is 87.6. The molecule has 0 fully saturated rings. The molecule has 7 aromatic carbocycles. The second kappa shape index (κ2) is 43.9. The van der Waals surface area contributed by atoms with Gasteiger partial charge in [-0.2, -0.15) is 0 Å². The Labute approximate surface area is 509 Å². The first-order valence-corrected chi connectivity index (χ1v) is 30.2. The van der Waals surface area contributed by atoms with E-state index in [0.717, 1.165) is 0 Å². The van der Waals surface area contributed by atoms with Crippen LogP contribution >= 0.6 is 0 Å². The maximum atomic E-state index is 2.24. The molecule has 462 valence electrons. The molecule has 0 aliphatic heterocycles. The first-order valence-electron chi connectivity index (χ1n) is 30.2. The third-order valence-corrected chi connectivity index (χ3v) is 5.61. The molecule has 0 aromatic heterocycles. The van der Waals surface area contributed by atoms with Crippen molar-refractivity contribution in [2.24, 2.45) is 48.7 Å². The summed E-state index contributed by atoms with van der Waals surface area (Å²) in [5, 5.41) is 7.87. The number of benzene rings is 7. The second-order valence-electron chi connectivity index (χ2n) is 35.2. The standard InChI is InChI=1S/C14H10.C10H8.2C6H6.9C5H12/c1-2-6-12-10-14-8-4-3-7-13(14)9-11(12)5-1;1-2-6-10-8-4-3-7-9(10)5-1;2*1-2-4-6-5-3-1;9*1-5(2,3)4/h1-10H;1-8H;2*1-6H;9*1-4H3. The lowest BCUT2D eigenvalue weighted by molar-refractivity contribution is 0.469. The molecule has 7 aromatic rings. The summed E-state index contributed by atoms with van der Waals surface area (Å²) < 4.78 is 0. The summed E-state index contributed by atoms with van der Waals surface area (Å²) in [6.07, 6.45) is 0. The number of fused-ring (bicyclic) bond motifs is 3. The van der Waals surface area contributed by atoms with Gasteiger partial charge in [0, 0.05) is 0 Å². The van der Waals surface area contributed by atoms with E-state index in [0.29, 0.717) is 48.7 Å². The molecular weight excluding hydrogens is 973 g/mol. The lowest BCUT2D eigenvalue weighted by atomic mass is 10.0. The van der Waals surface area contributed by atoms with Crippen molar-refractivity contribution in [2.45, 2.75) is 249 Å². The minimum Gasteiger partial charge on any atom is -0.0623 e. The first-order chi connectivity index (χ1) is 35.9. The van der Waals surface area contributed by atoms with E-state index < -0.39 is 0 Å². The monoisotopic (exact) mass is 1110 g/mol. The van der Waals surface area contributed by atoms with Gasteiger partial charge in [-0.1, -0.05) is 419 Å². The summed E-state index contributed by atoms with van der Waals surface area (Å²) in [5.41, 5.74) is 4.50. The Hall–Kier alpha value is -4.68. The van der Waals surface area contributed by atoms with E-state index in [2.05, 4.69) is 358 Å². The van der Waals surface area contributed by atoms with Gasteiger partial charge in [0.05, 0.1) is 0 Å². The van der Waals surface area contributed by atoms with Gasteiger partial charge in [0.25, 0.3) is 0 Å². The highest BCUT2D eigenvalue weighted by Crippen LogP contribution is 2.22. The van der Waals surface area contributed by atoms with Gasteiger partial charge in [0.1, 0.15) is 0 Å². The van der Waals surface area contributed by atoms with E-state index in [9.17, 15) is 0 Å². The van der Waals surface area contributed by atoms with Crippen LogP contribution in [0.15, 0.2) is 182 Å². The van der Waals surface area contributed by atoms with Crippen LogP contribution in [0.3, 0.4) is 0 Å². The Bertz CT molecular complexity index is 1940. The predicted octanol–water partition coefficient (Wildman–Crippen LogP) is 28.7. The average molecular weight is 1110 g/mol. The van der Waals surface area contributed by atoms with Crippen molar-refractivity contribution in [1.82, 2.24) is 0 Å². The maximum Gasteiger partial charge on any atom is -0.0178 e. The van der Waals surface area contributed by atoms with Crippen molar-refractivity contribution >= 4 is 32.3 Å². The summed E-state index contributed by atoms with van der Waals surface area (Å²) in [7, 11) is 0. The lowest BCUT2D eigenvalue weighted by Crippen LogP contribution is -1.93. The van der Waals surface area contributed by atoms with Gasteiger partial charge in [0.2, 0.25) is 0 Å². The Kier molecular flexibility index (Phi) is 47.5. The molecule has 7 rings (SSSR count). The maximum absolute atomic E-state index is 2.24. The smallest absolute Gasteiger partial charge is 0.0178 e. The fourth-order valence-electron chi connectivity index (χ4n) is 3.79. The number of hydrogen-bond donors (Lipinski definition) is 0. The summed E-state index contributed by atoms with van der Waals surface area (Å²) in [6.45, 7) is 78.8. The molecule has 0 bridgehead atoms. The third-order valence-electron chi connectivity index (χ3n) is 5.61. The van der Waals surface area contributed by atoms with Gasteiger partial charge in [-0.3, -0.25) is 0 Å². The van der Waals surface area contributed by atoms with E-state index >= 15 is 0 Å². The normalized spacial score (nSPS) is 11.0. The third kappa shape index (κ3) is 132. The van der Waals surface area contributed by atoms with Crippen molar-refractivity contribution in [3.63, 3.8) is 0 Å². The molecule has 0 nitrogen and oxygen atoms in total. The summed E-state index contributed by atoms with van der Waals surface area (Å²) in [4.78, 5) is 0. The number of hydrogen-bond acceptors (Lipinski definition) is 0. The molecule has 0 heteroatoms. The Morgan fingerprint density at radius 2 is 0.198 bits per heavy atom. The molecule has 0 N–H and O–H groups in total. The van der Waals surface area contributed by atoms with Crippen LogP contribution in [0.4, 0.5) is 0 Å². The molecule has 0 aliphatic rings. The zero-order valence-electron chi connectivity index (χ0n) is 60.8. The van der Waals surface area contributed by atoms with Gasteiger partial charge in [-0.15, -0.1) is 0 Å². The van der Waals surface area contributed by atoms with Crippen molar-refractivity contribution < 1.29 is 0 Å². The van der Waals surface area contributed by atoms with Gasteiger partial charge in [-0.25, -0.2) is 0 Å². The van der Waals surface area contributed by atoms with Crippen LogP contribution in [-0.2, 0) is 0 Å². The topological polar surface area (TPSA) is 0 Å². The highest BCUT2D eigenvalue weighted by atomic mass is 14.1. The van der Waals surface area contributed by atoms with Gasteiger partial charge >= 0.3 is 0 Å². The van der Waals surface area contributed by atoms with E-state index in [-0.39, 0.29) is 0 Å². The SMILES string of the molecule is CC(C)(C)C.CC(C)(C)C.CC(C)(C)C.CC(C)(C)C.CC(C)(C)C.CC(C)(C)C.CC(C)(C)C.CC(C)(C)C.CC(C)(C)C.c1ccc2cc3ccccc3cc2c1.c1ccc2ccccc2c1.c1ccccc1.c1ccccc1. The molecule has 0 amide bonds. The van der Waals surface area contributed by atoms with Gasteiger partial charge in [-0.05, 0) is 93.2 Å². The quantitative estimate of drug-likeness (QED) is 0.133. The lowest BCUT2D eigenvalue weighted by Gasteiger charge is -2.05. The molecule has 0 unspecified atom stereocenters. The molecular formula is C81H138. The van der Waals surface area contributed by atoms with Gasteiger partial charge in [0.15, 0.2) is 0 Å². The highest BCUT2D eigenvalue weighted by Gasteiger charge is 2.00. The Balaban J connectivity index is -0.000000193. The largest absolute Gasteiger partial charge is 0.0623 e. The van der Waals surface area contributed by atoms with Gasteiger partial charge < -0.3 is 0 Å². The van der Waals surface area contributed by atoms with Crippen LogP contribution in [0, 0.1) is 48.7 Å². The minimum atomic E-state index is 0.500. The van der Waals surface area contributed by atoms with Crippen molar-refractivity contribution in [3.05, 3.63) is 182 Å². The van der Waals surface area contributed by atoms with Crippen LogP contribution in [0.1, 0.15) is 249 Å². The second-order valence-corrected chi connectivity index (χ2v) is 35.2. The van der Waals surface area contributed by atoms with Crippen molar-refractivity contribution in [1.29, 1.82) is 0 Å². The number of rotatable bonds is 0. The van der Waals surface area contributed by atoms with E-state index in [1.807, 2.05) is 72.8 Å². The molecule has 0 atom stereocenters. The Morgan fingerprint density at radius 3 is 0.284 bits per heavy atom. The van der Waals surface area contributed by atoms with E-state index in [1.54, 1.807) is 0 Å². The zero-order chi connectivity index (χ0) is 65.2. The summed E-state index contributed by atoms with van der Waals surface area (Å²) in [6, 6.07) is 62.1. The molecule has 0 saturated carbocycles. The van der Waals surface area contributed by atoms with Crippen molar-refractivity contribution in [2.75, 3.05) is 0 Å². The van der Waals surface area contributed by atoms with Crippen LogP contribution in [-0.4, -0.2) is 0 Å². The minimum absolute atomic E-state index is 0.500. The van der Waals surface area contributed by atoms with Crippen LogP contribution < -0.4 is 0 Å². The van der Waals surface area contributed by atoms with Crippen LogP contribution in [0.25, 0.3) is 32.3 Å². The summed E-state index contributed by atoms with van der Waals surface area (Å²) in [5.74, 6) is 0. The molecule has 81 heavy (non-hydrogen) atoms. The van der Waals surface area contributed by atoms with Crippen molar-refractivity contribution in [3.8, 4) is 0 Å². The van der Waals surface area contributed by atoms with Crippen LogP contribution in [0.5, 0.6) is 0 Å². The molecule has 0 aliphatic carbocycles. The highest BCUT2D eigenvalue weighted by molar-refractivity contribution is 5.98. The predicted molar refractivity (Wildman–Crippen MR) is 384 cm³/mol. The summed E-state index contributed by atoms with van der Waals surface area (Å²) >= 11 is 0. The fourth-order valence-corrected chi connectivity index (χ4v) is 3.79. The van der Waals surface area contributed by atoms with Crippen LogP contribution in [0.2, 0.25) is 0 Å². The van der Waals surface area contributed by atoms with E-state index in [4.69, 9.17) is 0 Å². The Morgan fingerprint density at radius 1 is 0.123 bits per heavy atom.